The second-order valence-corrected chi connectivity index (χ2v) is 11.2. The first kappa shape index (κ1) is 26.6. The molecule has 212 valence electrons. The number of nitrogens with zero attached hydrogens (tertiary/aromatic N) is 7. The van der Waals surface area contributed by atoms with Crippen LogP contribution in [0.5, 0.6) is 0 Å². The lowest BCUT2D eigenvalue weighted by atomic mass is 9.97. The molecular weight excluding hydrogens is 576 g/mol. The minimum Gasteiger partial charge on any atom is -0.543 e. The molecule has 4 N–H and O–H groups in total. The highest BCUT2D eigenvalue weighted by atomic mass is 32.2. The Labute approximate surface area is 239 Å². The summed E-state index contributed by atoms with van der Waals surface area (Å²) >= 11 is 2.18. The SMILES string of the molecule is Nc1nc(/C(=N/OC2CCC2)C(=O)N[C@@H]2C(=O)N3C(C(=O)[O-])=C(C[n+]4cc(NC=O)n5ncccc54)CS[C@H]23)ns1. The van der Waals surface area contributed by atoms with Crippen LogP contribution in [0.3, 0.4) is 0 Å². The van der Waals surface area contributed by atoms with Gasteiger partial charge < -0.3 is 25.8 Å². The number of oxime groups is 1. The van der Waals surface area contributed by atoms with Gasteiger partial charge in [-0.3, -0.25) is 24.6 Å². The van der Waals surface area contributed by atoms with E-state index in [1.165, 1.54) is 16.3 Å². The van der Waals surface area contributed by atoms with Crippen LogP contribution in [-0.4, -0.2) is 77.0 Å². The quantitative estimate of drug-likeness (QED) is 0.0763. The molecule has 0 bridgehead atoms. The van der Waals surface area contributed by atoms with Crippen LogP contribution in [0.15, 0.2) is 41.0 Å². The van der Waals surface area contributed by atoms with Gasteiger partial charge in [-0.2, -0.15) is 9.36 Å². The van der Waals surface area contributed by atoms with Crippen LogP contribution < -0.4 is 26.0 Å². The first-order chi connectivity index (χ1) is 19.9. The van der Waals surface area contributed by atoms with E-state index < -0.39 is 29.2 Å². The van der Waals surface area contributed by atoms with Crippen LogP contribution in [0.25, 0.3) is 5.65 Å². The number of aliphatic carboxylic acids is 1. The number of nitrogens with two attached hydrogens (primary N) is 1. The predicted molar refractivity (Wildman–Crippen MR) is 142 cm³/mol. The number of aromatic nitrogens is 5. The average Bonchev–Trinajstić information content (AvgIpc) is 3.51. The largest absolute Gasteiger partial charge is 0.543 e. The lowest BCUT2D eigenvalue weighted by Crippen LogP contribution is -2.71. The average molecular weight is 599 g/mol. The molecule has 3 aromatic rings. The molecule has 16 nitrogen and oxygen atoms in total. The third-order valence-electron chi connectivity index (χ3n) is 6.84. The molecular formula is C23H22N10O6S2. The van der Waals surface area contributed by atoms with Crippen molar-refractivity contribution in [2.24, 2.45) is 5.16 Å². The van der Waals surface area contributed by atoms with Crippen LogP contribution in [0.2, 0.25) is 0 Å². The van der Waals surface area contributed by atoms with E-state index in [0.29, 0.717) is 23.4 Å². The lowest BCUT2D eigenvalue weighted by Gasteiger charge is -2.50. The smallest absolute Gasteiger partial charge is 0.309 e. The highest BCUT2D eigenvalue weighted by molar-refractivity contribution is 8.00. The van der Waals surface area contributed by atoms with Gasteiger partial charge in [-0.25, -0.2) is 4.57 Å². The van der Waals surface area contributed by atoms with Crippen LogP contribution in [0.4, 0.5) is 10.9 Å². The Morgan fingerprint density at radius 2 is 2.20 bits per heavy atom. The third kappa shape index (κ3) is 4.84. The number of nitrogens with one attached hydrogen (secondary N) is 2. The summed E-state index contributed by atoms with van der Waals surface area (Å²) in [6.07, 6.45) is 6.17. The number of fused-ring (bicyclic) bond motifs is 2. The molecule has 5 heterocycles. The number of rotatable bonds is 10. The van der Waals surface area contributed by atoms with E-state index in [2.05, 4.69) is 30.2 Å². The summed E-state index contributed by atoms with van der Waals surface area (Å²) in [5.41, 5.74) is 6.19. The molecule has 0 spiro atoms. The van der Waals surface area contributed by atoms with Gasteiger partial charge in [0.15, 0.2) is 11.3 Å². The van der Waals surface area contributed by atoms with Crippen molar-refractivity contribution in [2.75, 3.05) is 16.8 Å². The van der Waals surface area contributed by atoms with Crippen molar-refractivity contribution in [3.63, 3.8) is 0 Å². The summed E-state index contributed by atoms with van der Waals surface area (Å²) in [6, 6.07) is 2.43. The van der Waals surface area contributed by atoms with Gasteiger partial charge in [-0.05, 0) is 25.3 Å². The number of imidazole rings is 1. The third-order valence-corrected chi connectivity index (χ3v) is 8.72. The zero-order valence-electron chi connectivity index (χ0n) is 21.1. The van der Waals surface area contributed by atoms with E-state index >= 15 is 0 Å². The summed E-state index contributed by atoms with van der Waals surface area (Å²) in [5, 5.41) is 25.1. The molecule has 2 fully saturated rings. The molecule has 1 saturated carbocycles. The number of amides is 3. The Hall–Kier alpha value is -4.58. The number of hydrogen-bond acceptors (Lipinski definition) is 13. The second-order valence-electron chi connectivity index (χ2n) is 9.35. The molecule has 2 atom stereocenters. The number of β-lactam (4-membered cyclic amide) rings is 1. The van der Waals surface area contributed by atoms with Gasteiger partial charge in [0.25, 0.3) is 17.6 Å². The molecule has 3 amide bonds. The number of nitrogen functional groups attached to an aromatic ring is 1. The second kappa shape index (κ2) is 10.8. The maximum absolute atomic E-state index is 13.2. The van der Waals surface area contributed by atoms with Gasteiger partial charge in [0.2, 0.25) is 17.9 Å². The Bertz CT molecular complexity index is 1630. The van der Waals surface area contributed by atoms with Gasteiger partial charge in [-0.15, -0.1) is 11.8 Å². The highest BCUT2D eigenvalue weighted by Gasteiger charge is 2.53. The normalized spacial score (nSPS) is 20.7. The maximum atomic E-state index is 13.2. The zero-order valence-corrected chi connectivity index (χ0v) is 22.8. The molecule has 6 rings (SSSR count). The van der Waals surface area contributed by atoms with Crippen molar-refractivity contribution in [3.8, 4) is 0 Å². The zero-order chi connectivity index (χ0) is 28.7. The maximum Gasteiger partial charge on any atom is 0.309 e. The van der Waals surface area contributed by atoms with E-state index in [0.717, 1.165) is 35.7 Å². The van der Waals surface area contributed by atoms with Gasteiger partial charge in [0, 0.05) is 28.9 Å². The van der Waals surface area contributed by atoms with E-state index in [-0.39, 0.29) is 40.8 Å². The number of hydrogen-bond donors (Lipinski definition) is 3. The van der Waals surface area contributed by atoms with Crippen molar-refractivity contribution in [1.82, 2.24) is 29.2 Å². The summed E-state index contributed by atoms with van der Waals surface area (Å²) in [6.45, 7) is 0.0891. The van der Waals surface area contributed by atoms with Gasteiger partial charge in [-0.1, -0.05) is 14.8 Å². The topological polar surface area (TPSA) is 213 Å². The van der Waals surface area contributed by atoms with E-state index in [9.17, 15) is 24.3 Å². The fourth-order valence-corrected chi connectivity index (χ4v) is 6.42. The molecule has 0 unspecified atom stereocenters. The molecule has 0 aromatic carbocycles. The molecule has 1 aliphatic carbocycles. The Morgan fingerprint density at radius 1 is 1.37 bits per heavy atom. The Morgan fingerprint density at radius 3 is 2.88 bits per heavy atom. The number of carbonyl (C=O) groups is 4. The van der Waals surface area contributed by atoms with E-state index in [4.69, 9.17) is 10.6 Å². The van der Waals surface area contributed by atoms with Crippen molar-refractivity contribution in [2.45, 2.75) is 43.3 Å². The van der Waals surface area contributed by atoms with Crippen molar-refractivity contribution >= 4 is 69.8 Å². The molecule has 0 radical (unpaired) electrons. The summed E-state index contributed by atoms with van der Waals surface area (Å²) in [5.74, 6) is -2.29. The van der Waals surface area contributed by atoms with E-state index in [1.54, 1.807) is 29.1 Å². The minimum atomic E-state index is -1.52. The predicted octanol–water partition coefficient (Wildman–Crippen LogP) is -2.00. The number of carbonyl (C=O) groups excluding carboxylic acids is 4. The van der Waals surface area contributed by atoms with Crippen LogP contribution in [-0.2, 0) is 30.6 Å². The van der Waals surface area contributed by atoms with E-state index in [1.807, 2.05) is 0 Å². The number of anilines is 2. The highest BCUT2D eigenvalue weighted by Crippen LogP contribution is 2.40. The fraction of sp³-hybridized carbons (Fsp3) is 0.348. The van der Waals surface area contributed by atoms with Gasteiger partial charge in [0.1, 0.15) is 24.1 Å². The fourth-order valence-electron chi connectivity index (χ4n) is 4.65. The van der Waals surface area contributed by atoms with Crippen molar-refractivity contribution in [1.29, 1.82) is 0 Å². The minimum absolute atomic E-state index is 0.0309. The summed E-state index contributed by atoms with van der Waals surface area (Å²) in [7, 11) is 0. The Balaban J connectivity index is 1.23. The van der Waals surface area contributed by atoms with Crippen LogP contribution in [0, 0.1) is 0 Å². The van der Waals surface area contributed by atoms with Crippen LogP contribution in [0.1, 0.15) is 25.1 Å². The molecule has 2 aliphatic heterocycles. The molecule has 1 saturated heterocycles. The molecule has 3 aliphatic rings. The van der Waals surface area contributed by atoms with Crippen LogP contribution >= 0.6 is 23.3 Å². The van der Waals surface area contributed by atoms with Gasteiger partial charge >= 0.3 is 5.65 Å². The first-order valence-corrected chi connectivity index (χ1v) is 14.3. The number of carboxylic acids is 1. The number of carboxylic acid groups (broad SMARTS) is 1. The lowest BCUT2D eigenvalue weighted by molar-refractivity contribution is -0.662. The standard InChI is InChI=1S/C23H22N10O6S2/c24-23-28-18(30-41-23)15(29-39-12-3-1-4-12)19(35)27-16-20(36)32-17(22(37)38)11(9-40-21(16)32)7-31-8-13(25-10-34)33-14(31)5-2-6-26-33/h2,5-6,8,10,12,16,21H,1,3-4,7,9H2,(H4-,24,25,26,27,28,30,34,35,37,38)/b29-15-/t16-,21-/m1/s1. The van der Waals surface area contributed by atoms with Crippen molar-refractivity contribution in [3.05, 3.63) is 41.6 Å². The molecule has 3 aromatic heterocycles. The molecule has 18 heteroatoms. The Kier molecular flexibility index (Phi) is 7.00. The first-order valence-electron chi connectivity index (χ1n) is 12.4. The monoisotopic (exact) mass is 598 g/mol. The summed E-state index contributed by atoms with van der Waals surface area (Å²) < 4.78 is 7.24. The van der Waals surface area contributed by atoms with Gasteiger partial charge in [0.05, 0.1) is 17.9 Å². The molecule has 41 heavy (non-hydrogen) atoms. The summed E-state index contributed by atoms with van der Waals surface area (Å²) in [4.78, 5) is 60.3. The number of thioether (sulfide) groups is 1. The van der Waals surface area contributed by atoms with Crippen molar-refractivity contribution < 1.29 is 33.7 Å².